The van der Waals surface area contributed by atoms with Crippen LogP contribution in [0.4, 0.5) is 0 Å². The minimum Gasteiger partial charge on any atom is -0.481 e. The van der Waals surface area contributed by atoms with Gasteiger partial charge in [0, 0.05) is 12.6 Å². The summed E-state index contributed by atoms with van der Waals surface area (Å²) in [5.41, 5.74) is 1.11. The molecule has 0 spiro atoms. The van der Waals surface area contributed by atoms with Gasteiger partial charge in [0.05, 0.1) is 0 Å². The quantitative estimate of drug-likeness (QED) is 0.768. The van der Waals surface area contributed by atoms with E-state index in [2.05, 4.69) is 5.32 Å². The summed E-state index contributed by atoms with van der Waals surface area (Å²) in [7, 11) is 0. The number of carbonyl (C=O) groups excluding carboxylic acids is 1. The standard InChI is InChI=1S/C16H25NO3/c1-4-15(16(19)17-13(3)8-6-10-18)20-14-9-5-7-12(2)11-14/h5,7,9,11,13,15,18H,4,6,8,10H2,1-3H3,(H,17,19). The Balaban J connectivity index is 2.54. The largest absolute Gasteiger partial charge is 0.481 e. The molecule has 0 saturated heterocycles. The highest BCUT2D eigenvalue weighted by molar-refractivity contribution is 5.81. The van der Waals surface area contributed by atoms with Crippen molar-refractivity contribution in [2.75, 3.05) is 6.61 Å². The second kappa shape index (κ2) is 8.59. The molecule has 4 heteroatoms. The Morgan fingerprint density at radius 1 is 1.45 bits per heavy atom. The van der Waals surface area contributed by atoms with E-state index in [1.807, 2.05) is 45.0 Å². The number of aryl methyl sites for hydroxylation is 1. The number of ether oxygens (including phenoxy) is 1. The number of carbonyl (C=O) groups is 1. The predicted octanol–water partition coefficient (Wildman–Crippen LogP) is 2.43. The van der Waals surface area contributed by atoms with Crippen LogP contribution < -0.4 is 10.1 Å². The lowest BCUT2D eigenvalue weighted by molar-refractivity contribution is -0.128. The molecule has 0 fully saturated rings. The second-order valence-corrected chi connectivity index (χ2v) is 5.11. The molecule has 0 saturated carbocycles. The van der Waals surface area contributed by atoms with Crippen LogP contribution in [0.2, 0.25) is 0 Å². The molecule has 2 N–H and O–H groups in total. The fourth-order valence-electron chi connectivity index (χ4n) is 1.98. The summed E-state index contributed by atoms with van der Waals surface area (Å²) in [4.78, 5) is 12.1. The minimum absolute atomic E-state index is 0.0461. The zero-order valence-electron chi connectivity index (χ0n) is 12.6. The van der Waals surface area contributed by atoms with Crippen LogP contribution in [0.5, 0.6) is 5.75 Å². The van der Waals surface area contributed by atoms with Crippen molar-refractivity contribution in [3.8, 4) is 5.75 Å². The van der Waals surface area contributed by atoms with Crippen LogP contribution in [0, 0.1) is 6.92 Å². The average molecular weight is 279 g/mol. The summed E-state index contributed by atoms with van der Waals surface area (Å²) in [5, 5.41) is 11.7. The lowest BCUT2D eigenvalue weighted by atomic mass is 10.1. The van der Waals surface area contributed by atoms with Crippen LogP contribution >= 0.6 is 0 Å². The van der Waals surface area contributed by atoms with E-state index in [0.29, 0.717) is 12.8 Å². The molecule has 2 atom stereocenters. The highest BCUT2D eigenvalue weighted by Crippen LogP contribution is 2.15. The van der Waals surface area contributed by atoms with Gasteiger partial charge in [-0.1, -0.05) is 19.1 Å². The Morgan fingerprint density at radius 3 is 2.80 bits per heavy atom. The van der Waals surface area contributed by atoms with Gasteiger partial charge in [-0.15, -0.1) is 0 Å². The third-order valence-corrected chi connectivity index (χ3v) is 3.12. The number of rotatable bonds is 8. The first-order valence-corrected chi connectivity index (χ1v) is 7.21. The summed E-state index contributed by atoms with van der Waals surface area (Å²) >= 11 is 0. The lowest BCUT2D eigenvalue weighted by Gasteiger charge is -2.20. The van der Waals surface area contributed by atoms with Gasteiger partial charge >= 0.3 is 0 Å². The van der Waals surface area contributed by atoms with Crippen LogP contribution in [0.25, 0.3) is 0 Å². The van der Waals surface area contributed by atoms with E-state index in [1.165, 1.54) is 0 Å². The normalized spacial score (nSPS) is 13.6. The Kier molecular flexibility index (Phi) is 7.09. The molecule has 0 aromatic heterocycles. The van der Waals surface area contributed by atoms with E-state index in [0.717, 1.165) is 17.7 Å². The SMILES string of the molecule is CCC(Oc1cccc(C)c1)C(=O)NC(C)CCCO. The van der Waals surface area contributed by atoms with E-state index < -0.39 is 6.10 Å². The number of hydrogen-bond donors (Lipinski definition) is 2. The van der Waals surface area contributed by atoms with E-state index in [4.69, 9.17) is 9.84 Å². The molecule has 0 heterocycles. The number of aliphatic hydroxyl groups excluding tert-OH is 1. The van der Waals surface area contributed by atoms with Crippen molar-refractivity contribution >= 4 is 5.91 Å². The molecule has 0 aliphatic heterocycles. The van der Waals surface area contributed by atoms with Crippen molar-refractivity contribution in [2.45, 2.75) is 52.2 Å². The van der Waals surface area contributed by atoms with Crippen molar-refractivity contribution < 1.29 is 14.6 Å². The van der Waals surface area contributed by atoms with Crippen molar-refractivity contribution in [1.82, 2.24) is 5.32 Å². The summed E-state index contributed by atoms with van der Waals surface area (Å²) in [6.45, 7) is 6.01. The Bertz CT molecular complexity index is 420. The first kappa shape index (κ1) is 16.5. The number of hydrogen-bond acceptors (Lipinski definition) is 3. The van der Waals surface area contributed by atoms with Gasteiger partial charge in [-0.05, 0) is 50.8 Å². The van der Waals surface area contributed by atoms with Gasteiger partial charge in [0.1, 0.15) is 5.75 Å². The molecule has 1 amide bonds. The van der Waals surface area contributed by atoms with Gasteiger partial charge in [-0.2, -0.15) is 0 Å². The van der Waals surface area contributed by atoms with E-state index in [1.54, 1.807) is 0 Å². The molecule has 4 nitrogen and oxygen atoms in total. The molecule has 20 heavy (non-hydrogen) atoms. The molecule has 112 valence electrons. The zero-order chi connectivity index (χ0) is 15.0. The minimum atomic E-state index is -0.478. The highest BCUT2D eigenvalue weighted by atomic mass is 16.5. The molecule has 1 aromatic carbocycles. The number of amides is 1. The molecule has 1 aromatic rings. The number of benzene rings is 1. The van der Waals surface area contributed by atoms with Crippen LogP contribution in [-0.2, 0) is 4.79 Å². The van der Waals surface area contributed by atoms with Crippen molar-refractivity contribution in [3.63, 3.8) is 0 Å². The second-order valence-electron chi connectivity index (χ2n) is 5.11. The topological polar surface area (TPSA) is 58.6 Å². The van der Waals surface area contributed by atoms with E-state index in [9.17, 15) is 4.79 Å². The van der Waals surface area contributed by atoms with Gasteiger partial charge in [0.15, 0.2) is 6.10 Å². The van der Waals surface area contributed by atoms with E-state index >= 15 is 0 Å². The predicted molar refractivity (Wildman–Crippen MR) is 79.8 cm³/mol. The summed E-state index contributed by atoms with van der Waals surface area (Å²) in [6.07, 6.45) is 1.60. The summed E-state index contributed by atoms with van der Waals surface area (Å²) in [5.74, 6) is 0.620. The number of aliphatic hydroxyl groups is 1. The van der Waals surface area contributed by atoms with Crippen LogP contribution in [0.15, 0.2) is 24.3 Å². The maximum absolute atomic E-state index is 12.1. The monoisotopic (exact) mass is 279 g/mol. The van der Waals surface area contributed by atoms with Crippen molar-refractivity contribution in [1.29, 1.82) is 0 Å². The zero-order valence-corrected chi connectivity index (χ0v) is 12.6. The van der Waals surface area contributed by atoms with Crippen LogP contribution in [0.3, 0.4) is 0 Å². The van der Waals surface area contributed by atoms with E-state index in [-0.39, 0.29) is 18.6 Å². The smallest absolute Gasteiger partial charge is 0.261 e. The van der Waals surface area contributed by atoms with Gasteiger partial charge in [-0.25, -0.2) is 0 Å². The number of nitrogens with one attached hydrogen (secondary N) is 1. The molecule has 2 unspecified atom stereocenters. The first-order valence-electron chi connectivity index (χ1n) is 7.21. The average Bonchev–Trinajstić information content (AvgIpc) is 2.42. The molecular formula is C16H25NO3. The fourth-order valence-corrected chi connectivity index (χ4v) is 1.98. The Morgan fingerprint density at radius 2 is 2.20 bits per heavy atom. The molecule has 0 aliphatic rings. The molecule has 0 aliphatic carbocycles. The van der Waals surface area contributed by atoms with Gasteiger partial charge in [0.2, 0.25) is 0 Å². The van der Waals surface area contributed by atoms with Crippen molar-refractivity contribution in [3.05, 3.63) is 29.8 Å². The lowest BCUT2D eigenvalue weighted by Crippen LogP contribution is -2.42. The van der Waals surface area contributed by atoms with Gasteiger partial charge in [-0.3, -0.25) is 4.79 Å². The molecule has 1 rings (SSSR count). The van der Waals surface area contributed by atoms with Crippen LogP contribution in [0.1, 0.15) is 38.7 Å². The first-order chi connectivity index (χ1) is 9.56. The van der Waals surface area contributed by atoms with Gasteiger partial charge < -0.3 is 15.2 Å². The third-order valence-electron chi connectivity index (χ3n) is 3.12. The maximum atomic E-state index is 12.1. The highest BCUT2D eigenvalue weighted by Gasteiger charge is 2.19. The van der Waals surface area contributed by atoms with Crippen molar-refractivity contribution in [2.24, 2.45) is 0 Å². The molecular weight excluding hydrogens is 254 g/mol. The Labute approximate surface area is 121 Å². The summed E-state index contributed by atoms with van der Waals surface area (Å²) < 4.78 is 5.75. The summed E-state index contributed by atoms with van der Waals surface area (Å²) in [6, 6.07) is 7.73. The third kappa shape index (κ3) is 5.61. The Hall–Kier alpha value is -1.55. The van der Waals surface area contributed by atoms with Gasteiger partial charge in [0.25, 0.3) is 5.91 Å². The maximum Gasteiger partial charge on any atom is 0.261 e. The molecule has 0 radical (unpaired) electrons. The molecule has 0 bridgehead atoms. The fraction of sp³-hybridized carbons (Fsp3) is 0.562. The van der Waals surface area contributed by atoms with Crippen LogP contribution in [-0.4, -0.2) is 29.8 Å².